The minimum absolute atomic E-state index is 0.135. The zero-order valence-electron chi connectivity index (χ0n) is 18.6. The van der Waals surface area contributed by atoms with E-state index in [2.05, 4.69) is 12.2 Å². The SMILES string of the molecule is CC1CCN(S(=O)(=O)c2ccc(NC(=O)c3ccc(S(=O)(=O)N4CCCCC4)o3)cc2)CC1. The van der Waals surface area contributed by atoms with Crippen molar-refractivity contribution in [3.63, 3.8) is 0 Å². The molecule has 0 radical (unpaired) electrons. The molecule has 0 atom stereocenters. The van der Waals surface area contributed by atoms with Crippen molar-refractivity contribution in [3.8, 4) is 0 Å². The highest BCUT2D eigenvalue weighted by Crippen LogP contribution is 2.25. The standard InChI is InChI=1S/C22H29N3O6S2/c1-17-11-15-25(16-12-17)32(27,28)19-7-5-18(6-8-19)23-22(26)20-9-10-21(31-20)33(29,30)24-13-3-2-4-14-24/h5-10,17H,2-4,11-16H2,1H3,(H,23,26). The van der Waals surface area contributed by atoms with Crippen molar-refractivity contribution in [2.75, 3.05) is 31.5 Å². The molecule has 0 saturated carbocycles. The quantitative estimate of drug-likeness (QED) is 0.658. The predicted octanol–water partition coefficient (Wildman–Crippen LogP) is 3.13. The largest absolute Gasteiger partial charge is 0.438 e. The van der Waals surface area contributed by atoms with Gasteiger partial charge in [0, 0.05) is 31.9 Å². The van der Waals surface area contributed by atoms with Crippen molar-refractivity contribution < 1.29 is 26.0 Å². The molecule has 33 heavy (non-hydrogen) atoms. The van der Waals surface area contributed by atoms with Gasteiger partial charge in [-0.15, -0.1) is 0 Å². The number of hydrogen-bond acceptors (Lipinski definition) is 6. The van der Waals surface area contributed by atoms with E-state index in [1.165, 1.54) is 45.0 Å². The molecule has 0 bridgehead atoms. The Morgan fingerprint density at radius 1 is 0.848 bits per heavy atom. The van der Waals surface area contributed by atoms with Gasteiger partial charge in [0.05, 0.1) is 4.90 Å². The zero-order valence-corrected chi connectivity index (χ0v) is 20.2. The number of piperidine rings is 2. The summed E-state index contributed by atoms with van der Waals surface area (Å²) in [4.78, 5) is 12.7. The first-order valence-electron chi connectivity index (χ1n) is 11.2. The Morgan fingerprint density at radius 3 is 2.09 bits per heavy atom. The minimum Gasteiger partial charge on any atom is -0.438 e. The summed E-state index contributed by atoms with van der Waals surface area (Å²) < 4.78 is 59.3. The molecule has 1 aromatic carbocycles. The van der Waals surface area contributed by atoms with Gasteiger partial charge in [-0.3, -0.25) is 4.79 Å². The summed E-state index contributed by atoms with van der Waals surface area (Å²) in [6.45, 7) is 4.01. The average molecular weight is 496 g/mol. The van der Waals surface area contributed by atoms with Gasteiger partial charge in [0.2, 0.25) is 15.1 Å². The van der Waals surface area contributed by atoms with Gasteiger partial charge in [0.15, 0.2) is 5.76 Å². The van der Waals surface area contributed by atoms with E-state index in [0.717, 1.165) is 32.1 Å². The minimum atomic E-state index is -3.77. The van der Waals surface area contributed by atoms with Gasteiger partial charge in [-0.2, -0.15) is 8.61 Å². The summed E-state index contributed by atoms with van der Waals surface area (Å²) in [6.07, 6.45) is 4.28. The summed E-state index contributed by atoms with van der Waals surface area (Å²) in [5.74, 6) is -0.230. The van der Waals surface area contributed by atoms with Crippen LogP contribution in [0.2, 0.25) is 0 Å². The van der Waals surface area contributed by atoms with E-state index in [1.807, 2.05) is 0 Å². The molecule has 2 saturated heterocycles. The van der Waals surface area contributed by atoms with E-state index in [1.54, 1.807) is 0 Å². The molecule has 180 valence electrons. The fourth-order valence-corrected chi connectivity index (χ4v) is 6.99. The van der Waals surface area contributed by atoms with Gasteiger partial charge in [-0.05, 0) is 68.0 Å². The van der Waals surface area contributed by atoms with Crippen LogP contribution < -0.4 is 5.32 Å². The third-order valence-electron chi connectivity index (χ3n) is 6.21. The Kier molecular flexibility index (Phi) is 6.94. The van der Waals surface area contributed by atoms with Crippen LogP contribution in [0.25, 0.3) is 0 Å². The van der Waals surface area contributed by atoms with Crippen LogP contribution in [0.3, 0.4) is 0 Å². The number of amides is 1. The Balaban J connectivity index is 1.42. The van der Waals surface area contributed by atoms with E-state index in [9.17, 15) is 21.6 Å². The zero-order chi connectivity index (χ0) is 23.6. The highest BCUT2D eigenvalue weighted by atomic mass is 32.2. The molecule has 0 unspecified atom stereocenters. The van der Waals surface area contributed by atoms with Crippen molar-refractivity contribution in [2.45, 2.75) is 49.0 Å². The molecular weight excluding hydrogens is 466 g/mol. The van der Waals surface area contributed by atoms with Crippen LogP contribution in [0.5, 0.6) is 0 Å². The molecule has 2 aliphatic heterocycles. The van der Waals surface area contributed by atoms with Crippen LogP contribution in [0, 0.1) is 5.92 Å². The predicted molar refractivity (Wildman–Crippen MR) is 123 cm³/mol. The first-order chi connectivity index (χ1) is 15.7. The molecule has 2 aromatic rings. The second-order valence-electron chi connectivity index (χ2n) is 8.65. The second-order valence-corrected chi connectivity index (χ2v) is 12.5. The highest BCUT2D eigenvalue weighted by molar-refractivity contribution is 7.89. The van der Waals surface area contributed by atoms with Crippen molar-refractivity contribution >= 4 is 31.6 Å². The van der Waals surface area contributed by atoms with E-state index in [-0.39, 0.29) is 15.7 Å². The molecule has 1 N–H and O–H groups in total. The molecule has 4 rings (SSSR count). The number of carbonyl (C=O) groups is 1. The van der Waals surface area contributed by atoms with Crippen LogP contribution in [0.1, 0.15) is 49.6 Å². The van der Waals surface area contributed by atoms with Gasteiger partial charge >= 0.3 is 0 Å². The fourth-order valence-electron chi connectivity index (χ4n) is 4.09. The fraction of sp³-hybridized carbons (Fsp3) is 0.500. The lowest BCUT2D eigenvalue weighted by atomic mass is 10.0. The lowest BCUT2D eigenvalue weighted by molar-refractivity contribution is 0.0991. The molecule has 2 fully saturated rings. The number of rotatable bonds is 6. The number of hydrogen-bond donors (Lipinski definition) is 1. The first-order valence-corrected chi connectivity index (χ1v) is 14.1. The smallest absolute Gasteiger partial charge is 0.291 e. The lowest BCUT2D eigenvalue weighted by Gasteiger charge is -2.29. The highest BCUT2D eigenvalue weighted by Gasteiger charge is 2.30. The molecule has 9 nitrogen and oxygen atoms in total. The Labute approximate surface area is 194 Å². The number of nitrogens with one attached hydrogen (secondary N) is 1. The van der Waals surface area contributed by atoms with Crippen molar-refractivity contribution in [1.82, 2.24) is 8.61 Å². The maximum absolute atomic E-state index is 12.8. The third kappa shape index (κ3) is 5.16. The Bertz CT molecular complexity index is 1190. The summed E-state index contributed by atoms with van der Waals surface area (Å²) >= 11 is 0. The first kappa shape index (κ1) is 23.9. The van der Waals surface area contributed by atoms with E-state index in [0.29, 0.717) is 37.8 Å². The molecular formula is C22H29N3O6S2. The number of sulfonamides is 2. The summed E-state index contributed by atoms with van der Waals surface area (Å²) in [7, 11) is -7.34. The summed E-state index contributed by atoms with van der Waals surface area (Å²) in [6, 6.07) is 8.53. The van der Waals surface area contributed by atoms with Crippen molar-refractivity contribution in [3.05, 3.63) is 42.2 Å². The van der Waals surface area contributed by atoms with Gasteiger partial charge in [0.25, 0.3) is 15.9 Å². The maximum Gasteiger partial charge on any atom is 0.291 e. The molecule has 11 heteroatoms. The molecule has 2 aliphatic rings. The second kappa shape index (κ2) is 9.57. The van der Waals surface area contributed by atoms with E-state index in [4.69, 9.17) is 4.42 Å². The van der Waals surface area contributed by atoms with E-state index < -0.39 is 26.0 Å². The molecule has 0 spiro atoms. The molecule has 1 aromatic heterocycles. The monoisotopic (exact) mass is 495 g/mol. The number of nitrogens with zero attached hydrogens (tertiary/aromatic N) is 2. The van der Waals surface area contributed by atoms with Gasteiger partial charge in [0.1, 0.15) is 0 Å². The normalized spacial score (nSPS) is 19.4. The van der Waals surface area contributed by atoms with Crippen LogP contribution in [0.4, 0.5) is 5.69 Å². The Morgan fingerprint density at radius 2 is 1.45 bits per heavy atom. The average Bonchev–Trinajstić information content (AvgIpc) is 3.32. The van der Waals surface area contributed by atoms with Crippen molar-refractivity contribution in [1.29, 1.82) is 0 Å². The van der Waals surface area contributed by atoms with Crippen LogP contribution in [-0.4, -0.2) is 57.5 Å². The number of anilines is 1. The summed E-state index contributed by atoms with van der Waals surface area (Å²) in [5.41, 5.74) is 0.378. The van der Waals surface area contributed by atoms with E-state index >= 15 is 0 Å². The number of furan rings is 1. The van der Waals surface area contributed by atoms with Gasteiger partial charge in [-0.25, -0.2) is 16.8 Å². The van der Waals surface area contributed by atoms with Crippen LogP contribution >= 0.6 is 0 Å². The topological polar surface area (TPSA) is 117 Å². The number of benzene rings is 1. The Hall–Kier alpha value is -2.21. The van der Waals surface area contributed by atoms with Crippen LogP contribution in [0.15, 0.2) is 50.8 Å². The molecule has 3 heterocycles. The van der Waals surface area contributed by atoms with Crippen LogP contribution in [-0.2, 0) is 20.0 Å². The third-order valence-corrected chi connectivity index (χ3v) is 9.89. The van der Waals surface area contributed by atoms with Gasteiger partial charge in [-0.1, -0.05) is 13.3 Å². The lowest BCUT2D eigenvalue weighted by Crippen LogP contribution is -2.37. The molecule has 1 amide bonds. The van der Waals surface area contributed by atoms with Gasteiger partial charge < -0.3 is 9.73 Å². The maximum atomic E-state index is 12.8. The molecule has 0 aliphatic carbocycles. The number of carbonyl (C=O) groups excluding carboxylic acids is 1. The summed E-state index contributed by atoms with van der Waals surface area (Å²) in [5, 5.41) is 2.36. The van der Waals surface area contributed by atoms with Crippen molar-refractivity contribution in [2.24, 2.45) is 5.92 Å².